The van der Waals surface area contributed by atoms with Gasteiger partial charge in [-0.1, -0.05) is 11.6 Å². The zero-order valence-corrected chi connectivity index (χ0v) is 8.42. The molecule has 1 rings (SSSR count). The van der Waals surface area contributed by atoms with Crippen molar-refractivity contribution in [3.8, 4) is 0 Å². The largest absolute Gasteiger partial charge is 0.407 e. The first kappa shape index (κ1) is 12.7. The molecule has 8 heteroatoms. The van der Waals surface area contributed by atoms with Gasteiger partial charge in [-0.15, -0.1) is 0 Å². The Kier molecular flexibility index (Phi) is 3.39. The van der Waals surface area contributed by atoms with Crippen LogP contribution in [0.25, 0.3) is 0 Å². The minimum atomic E-state index is -4.70. The Bertz CT molecular complexity index is 422. The summed E-state index contributed by atoms with van der Waals surface area (Å²) in [5.74, 6) is 0. The molecule has 0 spiro atoms. The van der Waals surface area contributed by atoms with Gasteiger partial charge in [0.15, 0.2) is 0 Å². The minimum Gasteiger partial charge on any atom is -0.316 e. The average Bonchev–Trinajstić information content (AvgIpc) is 2.15. The number of non-ortho nitro benzene ring substituents is 1. The summed E-state index contributed by atoms with van der Waals surface area (Å²) in [6.07, 6.45) is -4.70. The SMILES string of the molecule is N[C@@H](c1cc([N+](=O)[O-])ccc1Cl)C(F)(F)F. The fraction of sp³-hybridized carbons (Fsp3) is 0.250. The second-order valence-electron chi connectivity index (χ2n) is 2.98. The standard InChI is InChI=1S/C8H6ClF3N2O2/c9-6-2-1-4(14(15)16)3-5(6)7(13)8(10,11)12/h1-3,7H,13H2/t7-/m0/s1. The van der Waals surface area contributed by atoms with Gasteiger partial charge in [-0.3, -0.25) is 10.1 Å². The summed E-state index contributed by atoms with van der Waals surface area (Å²) in [5, 5.41) is 10.1. The lowest BCUT2D eigenvalue weighted by Crippen LogP contribution is -2.28. The molecule has 0 aromatic heterocycles. The van der Waals surface area contributed by atoms with Gasteiger partial charge in [0.1, 0.15) is 6.04 Å². The van der Waals surface area contributed by atoms with Crippen molar-refractivity contribution in [2.75, 3.05) is 0 Å². The first-order valence-electron chi connectivity index (χ1n) is 3.99. The highest BCUT2D eigenvalue weighted by atomic mass is 35.5. The smallest absolute Gasteiger partial charge is 0.316 e. The molecule has 1 aromatic carbocycles. The van der Waals surface area contributed by atoms with Crippen LogP contribution in [0.3, 0.4) is 0 Å². The topological polar surface area (TPSA) is 69.2 Å². The molecule has 0 bridgehead atoms. The highest BCUT2D eigenvalue weighted by Gasteiger charge is 2.39. The Morgan fingerprint density at radius 2 is 2.00 bits per heavy atom. The number of hydrogen-bond acceptors (Lipinski definition) is 3. The summed E-state index contributed by atoms with van der Waals surface area (Å²) in [6, 6.07) is 0.413. The highest BCUT2D eigenvalue weighted by Crippen LogP contribution is 2.35. The predicted molar refractivity (Wildman–Crippen MR) is 51.1 cm³/mol. The number of halogens is 4. The number of hydrogen-bond donors (Lipinski definition) is 1. The van der Waals surface area contributed by atoms with E-state index in [2.05, 4.69) is 0 Å². The molecule has 1 atom stereocenters. The van der Waals surface area contributed by atoms with E-state index in [9.17, 15) is 23.3 Å². The summed E-state index contributed by atoms with van der Waals surface area (Å²) >= 11 is 5.50. The van der Waals surface area contributed by atoms with Crippen molar-refractivity contribution in [3.63, 3.8) is 0 Å². The fourth-order valence-corrected chi connectivity index (χ4v) is 1.29. The third kappa shape index (κ3) is 2.61. The molecule has 0 fully saturated rings. The van der Waals surface area contributed by atoms with Crippen LogP contribution < -0.4 is 5.73 Å². The van der Waals surface area contributed by atoms with Crippen LogP contribution in [-0.2, 0) is 0 Å². The van der Waals surface area contributed by atoms with Crippen LogP contribution in [0.1, 0.15) is 11.6 Å². The number of rotatable bonds is 2. The minimum absolute atomic E-state index is 0.254. The lowest BCUT2D eigenvalue weighted by molar-refractivity contribution is -0.385. The third-order valence-corrected chi connectivity index (χ3v) is 2.22. The highest BCUT2D eigenvalue weighted by molar-refractivity contribution is 6.31. The Labute approximate surface area is 93.0 Å². The molecule has 0 saturated carbocycles. The maximum absolute atomic E-state index is 12.3. The number of nitrogens with zero attached hydrogens (tertiary/aromatic N) is 1. The molecule has 0 saturated heterocycles. The van der Waals surface area contributed by atoms with E-state index in [0.717, 1.165) is 18.2 Å². The van der Waals surface area contributed by atoms with E-state index in [1.54, 1.807) is 0 Å². The molecular weight excluding hydrogens is 249 g/mol. The predicted octanol–water partition coefficient (Wildman–Crippen LogP) is 2.81. The van der Waals surface area contributed by atoms with Gasteiger partial charge in [0.25, 0.3) is 5.69 Å². The van der Waals surface area contributed by atoms with Crippen molar-refractivity contribution >= 4 is 17.3 Å². The molecule has 0 radical (unpaired) electrons. The molecular formula is C8H6ClF3N2O2. The van der Waals surface area contributed by atoms with Gasteiger partial charge in [0, 0.05) is 22.7 Å². The Morgan fingerprint density at radius 1 is 1.44 bits per heavy atom. The summed E-state index contributed by atoms with van der Waals surface area (Å²) in [7, 11) is 0. The second-order valence-corrected chi connectivity index (χ2v) is 3.39. The first-order valence-corrected chi connectivity index (χ1v) is 4.37. The molecule has 4 nitrogen and oxygen atoms in total. The van der Waals surface area contributed by atoms with E-state index in [4.69, 9.17) is 17.3 Å². The molecule has 0 aliphatic rings. The number of nitro benzene ring substituents is 1. The summed E-state index contributed by atoms with van der Waals surface area (Å²) in [6.45, 7) is 0. The first-order chi connectivity index (χ1) is 7.23. The van der Waals surface area contributed by atoms with Crippen LogP contribution in [-0.4, -0.2) is 11.1 Å². The van der Waals surface area contributed by atoms with Gasteiger partial charge in [0.2, 0.25) is 0 Å². The van der Waals surface area contributed by atoms with Crippen LogP contribution in [0.15, 0.2) is 18.2 Å². The van der Waals surface area contributed by atoms with Crippen LogP contribution >= 0.6 is 11.6 Å². The van der Waals surface area contributed by atoms with Gasteiger partial charge >= 0.3 is 6.18 Å². The van der Waals surface area contributed by atoms with E-state index in [1.807, 2.05) is 0 Å². The molecule has 0 aliphatic carbocycles. The van der Waals surface area contributed by atoms with Gasteiger partial charge in [-0.2, -0.15) is 13.2 Å². The van der Waals surface area contributed by atoms with Crippen molar-refractivity contribution < 1.29 is 18.1 Å². The van der Waals surface area contributed by atoms with Crippen LogP contribution in [0.5, 0.6) is 0 Å². The average molecular weight is 255 g/mol. The van der Waals surface area contributed by atoms with Crippen LogP contribution in [0, 0.1) is 10.1 Å². The normalized spacial score (nSPS) is 13.6. The third-order valence-electron chi connectivity index (χ3n) is 1.88. The maximum atomic E-state index is 12.3. The maximum Gasteiger partial charge on any atom is 0.407 e. The lowest BCUT2D eigenvalue weighted by atomic mass is 10.1. The van der Waals surface area contributed by atoms with E-state index < -0.39 is 28.4 Å². The van der Waals surface area contributed by atoms with Crippen molar-refractivity contribution in [2.24, 2.45) is 5.73 Å². The second kappa shape index (κ2) is 4.26. The van der Waals surface area contributed by atoms with Gasteiger partial charge in [0.05, 0.1) is 4.92 Å². The molecule has 1 aromatic rings. The van der Waals surface area contributed by atoms with Crippen LogP contribution in [0.4, 0.5) is 18.9 Å². The zero-order chi connectivity index (χ0) is 12.5. The van der Waals surface area contributed by atoms with Crippen molar-refractivity contribution in [1.29, 1.82) is 0 Å². The number of benzene rings is 1. The molecule has 0 amide bonds. The molecule has 2 N–H and O–H groups in total. The number of alkyl halides is 3. The molecule has 0 aliphatic heterocycles. The lowest BCUT2D eigenvalue weighted by Gasteiger charge is -2.16. The van der Waals surface area contributed by atoms with E-state index in [1.165, 1.54) is 0 Å². The van der Waals surface area contributed by atoms with Crippen molar-refractivity contribution in [3.05, 3.63) is 38.9 Å². The quantitative estimate of drug-likeness (QED) is 0.652. The molecule has 16 heavy (non-hydrogen) atoms. The molecule has 0 heterocycles. The van der Waals surface area contributed by atoms with Gasteiger partial charge in [-0.05, 0) is 6.07 Å². The van der Waals surface area contributed by atoms with Crippen molar-refractivity contribution in [1.82, 2.24) is 0 Å². The molecule has 88 valence electrons. The number of nitro groups is 1. The Hall–Kier alpha value is -1.34. The molecule has 0 unspecified atom stereocenters. The fourth-order valence-electron chi connectivity index (χ4n) is 1.06. The van der Waals surface area contributed by atoms with Crippen molar-refractivity contribution in [2.45, 2.75) is 12.2 Å². The summed E-state index contributed by atoms with van der Waals surface area (Å²) in [5.41, 5.74) is 3.91. The van der Waals surface area contributed by atoms with E-state index in [0.29, 0.717) is 0 Å². The number of nitrogens with two attached hydrogens (primary N) is 1. The Morgan fingerprint density at radius 3 is 2.44 bits per heavy atom. The van der Waals surface area contributed by atoms with E-state index >= 15 is 0 Å². The van der Waals surface area contributed by atoms with Crippen LogP contribution in [0.2, 0.25) is 5.02 Å². The van der Waals surface area contributed by atoms with Gasteiger partial charge < -0.3 is 5.73 Å². The van der Waals surface area contributed by atoms with E-state index in [-0.39, 0.29) is 5.02 Å². The monoisotopic (exact) mass is 254 g/mol. The Balaban J connectivity index is 3.22. The summed E-state index contributed by atoms with van der Waals surface area (Å²) in [4.78, 5) is 9.56. The summed E-state index contributed by atoms with van der Waals surface area (Å²) < 4.78 is 36.9. The zero-order valence-electron chi connectivity index (χ0n) is 7.66. The van der Waals surface area contributed by atoms with Gasteiger partial charge in [-0.25, -0.2) is 0 Å².